The molecule has 0 amide bonds. The standard InChI is InChI=1S/C15H24N6O/c1-4-13-16-17-14-5-6-15(18-21(13)14)20-8-7-19(9-10-22-3)12(2)11-20/h5-6,12H,4,7-11H2,1-3H3. The fourth-order valence-electron chi connectivity index (χ4n) is 2.96. The third kappa shape index (κ3) is 2.91. The van der Waals surface area contributed by atoms with Gasteiger partial charge in [-0.2, -0.15) is 4.52 Å². The van der Waals surface area contributed by atoms with E-state index in [9.17, 15) is 0 Å². The van der Waals surface area contributed by atoms with E-state index < -0.39 is 0 Å². The normalized spacial score (nSPS) is 20.0. The van der Waals surface area contributed by atoms with Gasteiger partial charge in [0.05, 0.1) is 6.61 Å². The second-order valence-corrected chi connectivity index (χ2v) is 5.76. The van der Waals surface area contributed by atoms with E-state index in [4.69, 9.17) is 9.84 Å². The Morgan fingerprint density at radius 2 is 2.14 bits per heavy atom. The minimum absolute atomic E-state index is 0.493. The maximum Gasteiger partial charge on any atom is 0.178 e. The highest BCUT2D eigenvalue weighted by atomic mass is 16.5. The molecule has 7 nitrogen and oxygen atoms in total. The summed E-state index contributed by atoms with van der Waals surface area (Å²) in [7, 11) is 1.75. The molecule has 3 rings (SSSR count). The first-order valence-electron chi connectivity index (χ1n) is 7.92. The summed E-state index contributed by atoms with van der Waals surface area (Å²) >= 11 is 0. The van der Waals surface area contributed by atoms with Crippen molar-refractivity contribution in [2.45, 2.75) is 26.3 Å². The molecule has 1 atom stereocenters. The van der Waals surface area contributed by atoms with Crippen LogP contribution in [0.2, 0.25) is 0 Å². The number of anilines is 1. The van der Waals surface area contributed by atoms with Crippen molar-refractivity contribution in [1.82, 2.24) is 24.7 Å². The number of aromatic nitrogens is 4. The lowest BCUT2D eigenvalue weighted by Crippen LogP contribution is -2.53. The fraction of sp³-hybridized carbons (Fsp3) is 0.667. The van der Waals surface area contributed by atoms with Crippen LogP contribution in [0.25, 0.3) is 5.65 Å². The summed E-state index contributed by atoms with van der Waals surface area (Å²) in [5.74, 6) is 1.91. The Labute approximate surface area is 130 Å². The van der Waals surface area contributed by atoms with Crippen molar-refractivity contribution < 1.29 is 4.74 Å². The highest BCUT2D eigenvalue weighted by Gasteiger charge is 2.24. The maximum absolute atomic E-state index is 5.18. The zero-order valence-electron chi connectivity index (χ0n) is 13.6. The lowest BCUT2D eigenvalue weighted by atomic mass is 10.2. The second kappa shape index (κ2) is 6.58. The molecule has 0 N–H and O–H groups in total. The minimum atomic E-state index is 0.493. The molecule has 22 heavy (non-hydrogen) atoms. The smallest absolute Gasteiger partial charge is 0.178 e. The molecule has 2 aromatic rings. The summed E-state index contributed by atoms with van der Waals surface area (Å²) in [5.41, 5.74) is 0.812. The monoisotopic (exact) mass is 304 g/mol. The Balaban J connectivity index is 1.75. The molecule has 0 saturated carbocycles. The van der Waals surface area contributed by atoms with Crippen LogP contribution in [0.15, 0.2) is 12.1 Å². The van der Waals surface area contributed by atoms with Crippen LogP contribution in [0.1, 0.15) is 19.7 Å². The van der Waals surface area contributed by atoms with Gasteiger partial charge in [0.2, 0.25) is 0 Å². The van der Waals surface area contributed by atoms with E-state index in [0.717, 1.165) is 56.5 Å². The van der Waals surface area contributed by atoms with Crippen molar-refractivity contribution in [1.29, 1.82) is 0 Å². The van der Waals surface area contributed by atoms with Crippen LogP contribution in [-0.2, 0) is 11.2 Å². The van der Waals surface area contributed by atoms with Crippen LogP contribution in [-0.4, -0.2) is 70.6 Å². The molecule has 7 heteroatoms. The number of methoxy groups -OCH3 is 1. The van der Waals surface area contributed by atoms with Gasteiger partial charge in [-0.05, 0) is 19.1 Å². The predicted molar refractivity (Wildman–Crippen MR) is 85.3 cm³/mol. The van der Waals surface area contributed by atoms with Gasteiger partial charge in [0.15, 0.2) is 11.5 Å². The van der Waals surface area contributed by atoms with Gasteiger partial charge in [0, 0.05) is 45.8 Å². The highest BCUT2D eigenvalue weighted by Crippen LogP contribution is 2.17. The van der Waals surface area contributed by atoms with E-state index in [0.29, 0.717) is 6.04 Å². The van der Waals surface area contributed by atoms with Crippen molar-refractivity contribution in [3.63, 3.8) is 0 Å². The predicted octanol–water partition coefficient (Wildman–Crippen LogP) is 0.844. The van der Waals surface area contributed by atoms with Crippen LogP contribution in [0.4, 0.5) is 5.82 Å². The number of hydrogen-bond acceptors (Lipinski definition) is 6. The molecule has 120 valence electrons. The van der Waals surface area contributed by atoms with Gasteiger partial charge in [-0.15, -0.1) is 15.3 Å². The zero-order chi connectivity index (χ0) is 15.5. The van der Waals surface area contributed by atoms with Crippen molar-refractivity contribution in [3.05, 3.63) is 18.0 Å². The lowest BCUT2D eigenvalue weighted by molar-refractivity contribution is 0.117. The lowest BCUT2D eigenvalue weighted by Gasteiger charge is -2.40. The number of aryl methyl sites for hydroxylation is 1. The molecule has 0 radical (unpaired) electrons. The van der Waals surface area contributed by atoms with E-state index in [-0.39, 0.29) is 0 Å². The summed E-state index contributed by atoms with van der Waals surface area (Å²) in [6, 6.07) is 4.53. The molecule has 0 bridgehead atoms. The Bertz CT molecular complexity index is 628. The molecule has 3 heterocycles. The van der Waals surface area contributed by atoms with Gasteiger partial charge >= 0.3 is 0 Å². The van der Waals surface area contributed by atoms with Crippen molar-refractivity contribution in [2.75, 3.05) is 44.8 Å². The average molecular weight is 304 g/mol. The average Bonchev–Trinajstić information content (AvgIpc) is 2.96. The molecule has 1 aliphatic rings. The summed E-state index contributed by atoms with van der Waals surface area (Å²) in [6.07, 6.45) is 0.832. The van der Waals surface area contributed by atoms with Crippen LogP contribution >= 0.6 is 0 Å². The summed E-state index contributed by atoms with van der Waals surface area (Å²) in [5, 5.41) is 13.0. The Hall–Kier alpha value is -1.73. The molecule has 1 aliphatic heterocycles. The van der Waals surface area contributed by atoms with Crippen LogP contribution < -0.4 is 4.90 Å². The third-order valence-electron chi connectivity index (χ3n) is 4.30. The molecular formula is C15H24N6O. The van der Waals surface area contributed by atoms with E-state index >= 15 is 0 Å². The first-order chi connectivity index (χ1) is 10.7. The van der Waals surface area contributed by atoms with Gasteiger partial charge in [-0.3, -0.25) is 4.90 Å². The summed E-state index contributed by atoms with van der Waals surface area (Å²) in [6.45, 7) is 9.10. The molecule has 2 aromatic heterocycles. The van der Waals surface area contributed by atoms with Crippen LogP contribution in [0.5, 0.6) is 0 Å². The topological polar surface area (TPSA) is 58.8 Å². The number of hydrogen-bond donors (Lipinski definition) is 0. The molecule has 1 fully saturated rings. The maximum atomic E-state index is 5.18. The van der Waals surface area contributed by atoms with Crippen LogP contribution in [0, 0.1) is 0 Å². The molecule has 0 aliphatic carbocycles. The quantitative estimate of drug-likeness (QED) is 0.816. The second-order valence-electron chi connectivity index (χ2n) is 5.76. The van der Waals surface area contributed by atoms with Crippen molar-refractivity contribution >= 4 is 11.5 Å². The number of ether oxygens (including phenoxy) is 1. The number of rotatable bonds is 5. The Morgan fingerprint density at radius 3 is 2.86 bits per heavy atom. The first-order valence-corrected chi connectivity index (χ1v) is 7.92. The van der Waals surface area contributed by atoms with Gasteiger partial charge < -0.3 is 9.64 Å². The van der Waals surface area contributed by atoms with Gasteiger partial charge in [0.25, 0.3) is 0 Å². The third-order valence-corrected chi connectivity index (χ3v) is 4.30. The molecule has 1 saturated heterocycles. The fourth-order valence-corrected chi connectivity index (χ4v) is 2.96. The van der Waals surface area contributed by atoms with Crippen molar-refractivity contribution in [2.24, 2.45) is 0 Å². The van der Waals surface area contributed by atoms with Gasteiger partial charge in [-0.25, -0.2) is 0 Å². The van der Waals surface area contributed by atoms with Gasteiger partial charge in [0.1, 0.15) is 5.82 Å². The number of nitrogens with zero attached hydrogens (tertiary/aromatic N) is 6. The van der Waals surface area contributed by atoms with Gasteiger partial charge in [-0.1, -0.05) is 6.92 Å². The van der Waals surface area contributed by atoms with Crippen molar-refractivity contribution in [3.8, 4) is 0 Å². The molecule has 0 spiro atoms. The summed E-state index contributed by atoms with van der Waals surface area (Å²) in [4.78, 5) is 4.81. The van der Waals surface area contributed by atoms with E-state index in [1.807, 2.05) is 16.6 Å². The van der Waals surface area contributed by atoms with E-state index in [2.05, 4.69) is 33.8 Å². The Kier molecular flexibility index (Phi) is 4.54. The number of piperazine rings is 1. The SMILES string of the molecule is CCc1nnc2ccc(N3CCN(CCOC)C(C)C3)nn12. The zero-order valence-corrected chi connectivity index (χ0v) is 13.6. The first kappa shape index (κ1) is 15.2. The van der Waals surface area contributed by atoms with Crippen LogP contribution in [0.3, 0.4) is 0 Å². The van der Waals surface area contributed by atoms with E-state index in [1.165, 1.54) is 0 Å². The Morgan fingerprint density at radius 1 is 1.27 bits per heavy atom. The summed E-state index contributed by atoms with van der Waals surface area (Å²) < 4.78 is 7.04. The largest absolute Gasteiger partial charge is 0.383 e. The van der Waals surface area contributed by atoms with E-state index in [1.54, 1.807) is 7.11 Å². The highest BCUT2D eigenvalue weighted by molar-refractivity contribution is 5.46. The number of fused-ring (bicyclic) bond motifs is 1. The molecule has 0 aromatic carbocycles. The molecular weight excluding hydrogens is 280 g/mol. The molecule has 1 unspecified atom stereocenters. The minimum Gasteiger partial charge on any atom is -0.383 e.